The van der Waals surface area contributed by atoms with E-state index >= 15 is 0 Å². The van der Waals surface area contributed by atoms with E-state index in [1.165, 1.54) is 27.7 Å². The zero-order chi connectivity index (χ0) is 33.1. The molecule has 0 aliphatic heterocycles. The maximum absolute atomic E-state index is 12.1. The molecule has 0 bridgehead atoms. The van der Waals surface area contributed by atoms with Crippen molar-refractivity contribution in [2.45, 2.75) is 104 Å². The third kappa shape index (κ3) is 24.3. The molecular formula is C28H50O15Y2. The zero-order valence-corrected chi connectivity index (χ0v) is 33.4. The molecule has 0 amide bonds. The minimum atomic E-state index is -1.30. The Morgan fingerprint density at radius 1 is 0.578 bits per heavy atom. The molecule has 0 rings (SSSR count). The Kier molecular flexibility index (Phi) is 28.7. The summed E-state index contributed by atoms with van der Waals surface area (Å²) < 4.78 is 46.2. The van der Waals surface area contributed by atoms with Crippen LogP contribution in [-0.4, -0.2) is 123 Å². The van der Waals surface area contributed by atoms with Crippen LogP contribution in [0.25, 0.3) is 0 Å². The van der Waals surface area contributed by atoms with Crippen LogP contribution in [0.2, 0.25) is 0 Å². The van der Waals surface area contributed by atoms with E-state index in [2.05, 4.69) is 0 Å². The van der Waals surface area contributed by atoms with E-state index in [0.29, 0.717) is 12.8 Å². The molecule has 17 heteroatoms. The zero-order valence-electron chi connectivity index (χ0n) is 27.7. The Labute approximate surface area is 316 Å². The van der Waals surface area contributed by atoms with Crippen LogP contribution in [0.15, 0.2) is 0 Å². The number of esters is 2. The van der Waals surface area contributed by atoms with Gasteiger partial charge in [-0.05, 0) is 54.4 Å². The van der Waals surface area contributed by atoms with Gasteiger partial charge in [-0.1, -0.05) is 13.8 Å². The number of aliphatic hydroxyl groups excluding tert-OH is 2. The first kappa shape index (κ1) is 48.9. The van der Waals surface area contributed by atoms with Crippen molar-refractivity contribution in [3.05, 3.63) is 0 Å². The number of hydrogen-bond donors (Lipinski definition) is 2. The van der Waals surface area contributed by atoms with Crippen molar-refractivity contribution in [3.63, 3.8) is 0 Å². The molecule has 45 heavy (non-hydrogen) atoms. The quantitative estimate of drug-likeness (QED) is 0.0920. The third-order valence-corrected chi connectivity index (χ3v) is 5.57. The minimum absolute atomic E-state index is 0. The SMILES string of the molecule is CCC(O)COC(=O)C(C)(C)OCCOC(=O)OC(C)COCC(C)OC(=O)OCCOC(C)(C)C(=O)OCC(O)CC.[Y].[Y]. The minimum Gasteiger partial charge on any atom is -0.461 e. The number of ether oxygens (including phenoxy) is 9. The first-order valence-electron chi connectivity index (χ1n) is 14.3. The summed E-state index contributed by atoms with van der Waals surface area (Å²) >= 11 is 0. The molecule has 0 saturated carbocycles. The van der Waals surface area contributed by atoms with Crippen LogP contribution >= 0.6 is 0 Å². The normalized spacial score (nSPS) is 13.9. The first-order valence-corrected chi connectivity index (χ1v) is 14.3. The summed E-state index contributed by atoms with van der Waals surface area (Å²) in [5, 5.41) is 19.0. The molecule has 0 fully saturated rings. The molecule has 0 aromatic heterocycles. The standard InChI is InChI=1S/C28H50O15.2Y/c1-9-21(29)17-38-23(31)27(5,6)40-13-11-36-25(33)42-19(3)15-35-16-20(4)43-26(34)37-12-14-41-28(7,8)24(32)39-18-22(30)10-2;;/h19-22,29-30H,9-18H2,1-8H3;;. The van der Waals surface area contributed by atoms with E-state index in [1.807, 2.05) is 0 Å². The third-order valence-electron chi connectivity index (χ3n) is 5.57. The Morgan fingerprint density at radius 3 is 1.22 bits per heavy atom. The van der Waals surface area contributed by atoms with Crippen molar-refractivity contribution in [1.29, 1.82) is 0 Å². The molecule has 0 saturated heterocycles. The van der Waals surface area contributed by atoms with Gasteiger partial charge in [0.2, 0.25) is 0 Å². The van der Waals surface area contributed by atoms with Gasteiger partial charge in [-0.15, -0.1) is 0 Å². The van der Waals surface area contributed by atoms with E-state index < -0.39 is 59.9 Å². The van der Waals surface area contributed by atoms with Gasteiger partial charge in [0.05, 0.1) is 38.6 Å². The summed E-state index contributed by atoms with van der Waals surface area (Å²) in [5.74, 6) is -1.31. The van der Waals surface area contributed by atoms with Gasteiger partial charge in [-0.3, -0.25) is 0 Å². The number of carbonyl (C=O) groups excluding carboxylic acids is 4. The van der Waals surface area contributed by atoms with E-state index in [4.69, 9.17) is 42.6 Å². The van der Waals surface area contributed by atoms with Crippen LogP contribution in [0.5, 0.6) is 0 Å². The summed E-state index contributed by atoms with van der Waals surface area (Å²) in [4.78, 5) is 47.8. The van der Waals surface area contributed by atoms with Crippen molar-refractivity contribution >= 4 is 24.2 Å². The van der Waals surface area contributed by atoms with Gasteiger partial charge >= 0.3 is 24.2 Å². The summed E-state index contributed by atoms with van der Waals surface area (Å²) in [5.41, 5.74) is -2.60. The molecule has 0 aromatic rings. The van der Waals surface area contributed by atoms with Gasteiger partial charge in [-0.25, -0.2) is 19.2 Å². The topological polar surface area (TPSA) is 192 Å². The van der Waals surface area contributed by atoms with Crippen LogP contribution in [0.1, 0.15) is 68.2 Å². The van der Waals surface area contributed by atoms with Gasteiger partial charge in [0, 0.05) is 65.4 Å². The van der Waals surface area contributed by atoms with Crippen molar-refractivity contribution < 1.29 is 137 Å². The molecule has 15 nitrogen and oxygen atoms in total. The van der Waals surface area contributed by atoms with E-state index in [0.717, 1.165) is 0 Å². The Bertz CT molecular complexity index is 775. The molecule has 0 heterocycles. The monoisotopic (exact) mass is 804 g/mol. The molecule has 0 aliphatic carbocycles. The largest absolute Gasteiger partial charge is 0.508 e. The molecule has 4 unspecified atom stereocenters. The van der Waals surface area contributed by atoms with Crippen LogP contribution in [0.4, 0.5) is 9.59 Å². The van der Waals surface area contributed by atoms with E-state index in [-0.39, 0.29) is 118 Å². The fraction of sp³-hybridized carbons (Fsp3) is 0.857. The second kappa shape index (κ2) is 26.4. The molecule has 0 aliphatic rings. The number of rotatable bonds is 22. The molecule has 4 atom stereocenters. The average molecular weight is 805 g/mol. The second-order valence-corrected chi connectivity index (χ2v) is 10.6. The van der Waals surface area contributed by atoms with Crippen molar-refractivity contribution in [3.8, 4) is 0 Å². The number of aliphatic hydroxyl groups is 2. The van der Waals surface area contributed by atoms with Gasteiger partial charge in [0.1, 0.15) is 38.6 Å². The Hall–Kier alpha value is -0.512. The molecular weight excluding hydrogens is 754 g/mol. The van der Waals surface area contributed by atoms with E-state index in [9.17, 15) is 29.4 Å². The van der Waals surface area contributed by atoms with Crippen molar-refractivity contribution in [1.82, 2.24) is 0 Å². The van der Waals surface area contributed by atoms with Crippen LogP contribution in [0, 0.1) is 0 Å². The second-order valence-electron chi connectivity index (χ2n) is 10.6. The maximum atomic E-state index is 12.1. The Balaban J connectivity index is -0.00000882. The predicted octanol–water partition coefficient (Wildman–Crippen LogP) is 2.30. The van der Waals surface area contributed by atoms with Gasteiger partial charge in [0.15, 0.2) is 11.2 Å². The summed E-state index contributed by atoms with van der Waals surface area (Å²) in [6, 6.07) is 0. The van der Waals surface area contributed by atoms with Crippen LogP contribution < -0.4 is 0 Å². The molecule has 2 radical (unpaired) electrons. The molecule has 258 valence electrons. The van der Waals surface area contributed by atoms with E-state index in [1.54, 1.807) is 27.7 Å². The smallest absolute Gasteiger partial charge is 0.461 e. The van der Waals surface area contributed by atoms with Crippen molar-refractivity contribution in [2.75, 3.05) is 52.9 Å². The molecule has 2 N–H and O–H groups in total. The Morgan fingerprint density at radius 2 is 0.911 bits per heavy atom. The van der Waals surface area contributed by atoms with Crippen LogP contribution in [0.3, 0.4) is 0 Å². The number of hydrogen-bond acceptors (Lipinski definition) is 15. The molecule has 0 aromatic carbocycles. The first-order chi connectivity index (χ1) is 20.0. The fourth-order valence-corrected chi connectivity index (χ4v) is 2.75. The summed E-state index contributed by atoms with van der Waals surface area (Å²) in [6.45, 7) is 11.8. The molecule has 0 spiro atoms. The van der Waals surface area contributed by atoms with Gasteiger partial charge in [0.25, 0.3) is 0 Å². The summed E-state index contributed by atoms with van der Waals surface area (Å²) in [6.07, 6.45) is -3.89. The van der Waals surface area contributed by atoms with Crippen LogP contribution in [-0.2, 0) is 118 Å². The number of carbonyl (C=O) groups is 4. The van der Waals surface area contributed by atoms with Crippen molar-refractivity contribution in [2.24, 2.45) is 0 Å². The predicted molar refractivity (Wildman–Crippen MR) is 149 cm³/mol. The average Bonchev–Trinajstić information content (AvgIpc) is 2.94. The summed E-state index contributed by atoms with van der Waals surface area (Å²) in [7, 11) is 0. The van der Waals surface area contributed by atoms with Gasteiger partial charge < -0.3 is 52.8 Å². The fourth-order valence-electron chi connectivity index (χ4n) is 2.75. The van der Waals surface area contributed by atoms with Gasteiger partial charge in [-0.2, -0.15) is 0 Å². The maximum Gasteiger partial charge on any atom is 0.508 e.